The molecule has 17 heavy (non-hydrogen) atoms. The highest BCUT2D eigenvalue weighted by Crippen LogP contribution is 2.34. The molecule has 90 valence electrons. The summed E-state index contributed by atoms with van der Waals surface area (Å²) in [7, 11) is 0. The summed E-state index contributed by atoms with van der Waals surface area (Å²) in [5.74, 6) is -0.0648. The number of carbonyl (C=O) groups excluding carboxylic acids is 1. The number of phenols is 1. The van der Waals surface area contributed by atoms with Crippen LogP contribution in [0.25, 0.3) is 0 Å². The number of aromatic hydroxyl groups is 1. The van der Waals surface area contributed by atoms with Crippen LogP contribution in [0.2, 0.25) is 5.02 Å². The fourth-order valence-corrected chi connectivity index (χ4v) is 2.51. The zero-order valence-corrected chi connectivity index (χ0v) is 11.3. The predicted octanol–water partition coefficient (Wildman–Crippen LogP) is 2.67. The molecule has 1 amide bonds. The lowest BCUT2D eigenvalue weighted by atomic mass is 9.94. The van der Waals surface area contributed by atoms with E-state index in [2.05, 4.69) is 26.5 Å². The zero-order chi connectivity index (χ0) is 12.6. The van der Waals surface area contributed by atoms with Gasteiger partial charge in [0.2, 0.25) is 5.91 Å². The van der Waals surface area contributed by atoms with Crippen molar-refractivity contribution in [3.8, 4) is 5.75 Å². The summed E-state index contributed by atoms with van der Waals surface area (Å²) in [5, 5.41) is 13.8. The molecule has 1 heterocycles. The van der Waals surface area contributed by atoms with Crippen molar-refractivity contribution in [1.29, 1.82) is 0 Å². The van der Waals surface area contributed by atoms with Gasteiger partial charge in [-0.05, 0) is 28.1 Å². The molecule has 0 aromatic heterocycles. The molecule has 6 heteroatoms. The minimum atomic E-state index is -0.0924. The van der Waals surface area contributed by atoms with Gasteiger partial charge in [-0.15, -0.1) is 0 Å². The molecule has 2 N–H and O–H groups in total. The van der Waals surface area contributed by atoms with E-state index in [1.807, 2.05) is 6.92 Å². The topological polar surface area (TPSA) is 61.7 Å². The minimum absolute atomic E-state index is 0.00325. The van der Waals surface area contributed by atoms with Gasteiger partial charge in [0.15, 0.2) is 0 Å². The predicted molar refractivity (Wildman–Crippen MR) is 69.3 cm³/mol. The monoisotopic (exact) mass is 316 g/mol. The van der Waals surface area contributed by atoms with Crippen LogP contribution in [-0.2, 0) is 4.79 Å². The van der Waals surface area contributed by atoms with Crippen molar-refractivity contribution in [3.63, 3.8) is 0 Å². The molecule has 2 rings (SSSR count). The molecule has 1 unspecified atom stereocenters. The van der Waals surface area contributed by atoms with E-state index in [1.54, 1.807) is 12.1 Å². The van der Waals surface area contributed by atoms with E-state index >= 15 is 0 Å². The van der Waals surface area contributed by atoms with Crippen LogP contribution in [0.1, 0.15) is 18.9 Å². The summed E-state index contributed by atoms with van der Waals surface area (Å²) in [6.45, 7) is 1.92. The first-order valence-corrected chi connectivity index (χ1v) is 6.21. The van der Waals surface area contributed by atoms with Gasteiger partial charge in [0.05, 0.1) is 15.2 Å². The molecule has 0 spiro atoms. The molecule has 0 saturated carbocycles. The number of benzene rings is 1. The molecule has 0 aliphatic carbocycles. The Bertz CT molecular complexity index is 493. The van der Waals surface area contributed by atoms with Crippen molar-refractivity contribution in [3.05, 3.63) is 27.2 Å². The first-order valence-electron chi connectivity index (χ1n) is 5.04. The maximum Gasteiger partial charge on any atom is 0.240 e. The molecular formula is C11H10BrClN2O2. The molecular weight excluding hydrogens is 307 g/mol. The van der Waals surface area contributed by atoms with Gasteiger partial charge in [-0.2, -0.15) is 5.10 Å². The van der Waals surface area contributed by atoms with E-state index in [-0.39, 0.29) is 22.6 Å². The van der Waals surface area contributed by atoms with Crippen molar-refractivity contribution in [2.24, 2.45) is 11.0 Å². The fraction of sp³-hybridized carbons (Fsp3) is 0.273. The molecule has 0 fully saturated rings. The molecule has 1 aromatic rings. The molecule has 1 atom stereocenters. The minimum Gasteiger partial charge on any atom is -0.505 e. The average molecular weight is 318 g/mol. The van der Waals surface area contributed by atoms with Crippen LogP contribution in [0.5, 0.6) is 5.75 Å². The summed E-state index contributed by atoms with van der Waals surface area (Å²) >= 11 is 9.11. The Hall–Kier alpha value is -1.07. The van der Waals surface area contributed by atoms with Gasteiger partial charge in [-0.1, -0.05) is 18.5 Å². The average Bonchev–Trinajstić information content (AvgIpc) is 2.25. The molecule has 0 bridgehead atoms. The van der Waals surface area contributed by atoms with E-state index in [1.165, 1.54) is 0 Å². The maximum atomic E-state index is 11.1. The Kier molecular flexibility index (Phi) is 3.40. The molecule has 1 aliphatic rings. The van der Waals surface area contributed by atoms with Gasteiger partial charge in [-0.3, -0.25) is 4.79 Å². The summed E-state index contributed by atoms with van der Waals surface area (Å²) in [5.41, 5.74) is 3.98. The fourth-order valence-electron chi connectivity index (χ4n) is 1.72. The van der Waals surface area contributed by atoms with Gasteiger partial charge >= 0.3 is 0 Å². The normalized spacial score (nSPS) is 19.8. The number of hydrogen-bond donors (Lipinski definition) is 2. The molecule has 1 aliphatic heterocycles. The van der Waals surface area contributed by atoms with Crippen LogP contribution < -0.4 is 5.43 Å². The Morgan fingerprint density at radius 2 is 2.29 bits per heavy atom. The van der Waals surface area contributed by atoms with Crippen molar-refractivity contribution in [2.45, 2.75) is 13.3 Å². The third-order valence-electron chi connectivity index (χ3n) is 2.57. The molecule has 4 nitrogen and oxygen atoms in total. The van der Waals surface area contributed by atoms with Crippen molar-refractivity contribution < 1.29 is 9.90 Å². The Balaban J connectivity index is 2.44. The second kappa shape index (κ2) is 4.66. The summed E-state index contributed by atoms with van der Waals surface area (Å²) in [6.07, 6.45) is 0.398. The largest absolute Gasteiger partial charge is 0.505 e. The SMILES string of the molecule is CC1CC(=O)NN=C1c1cc(Cl)c(O)c(Br)c1. The van der Waals surface area contributed by atoms with Gasteiger partial charge in [-0.25, -0.2) is 5.43 Å². The zero-order valence-electron chi connectivity index (χ0n) is 9.00. The Morgan fingerprint density at radius 1 is 1.59 bits per heavy atom. The summed E-state index contributed by atoms with van der Waals surface area (Å²) in [6, 6.07) is 3.36. The number of hydrazone groups is 1. The molecule has 1 aromatic carbocycles. The number of nitrogens with one attached hydrogen (secondary N) is 1. The number of amides is 1. The Morgan fingerprint density at radius 3 is 2.88 bits per heavy atom. The van der Waals surface area contributed by atoms with Crippen molar-refractivity contribution >= 4 is 39.1 Å². The van der Waals surface area contributed by atoms with Crippen LogP contribution in [0.15, 0.2) is 21.7 Å². The number of rotatable bonds is 1. The highest BCUT2D eigenvalue weighted by atomic mass is 79.9. The summed E-state index contributed by atoms with van der Waals surface area (Å²) < 4.78 is 0.506. The molecule has 0 radical (unpaired) electrons. The second-order valence-electron chi connectivity index (χ2n) is 3.93. The highest BCUT2D eigenvalue weighted by molar-refractivity contribution is 9.10. The lowest BCUT2D eigenvalue weighted by molar-refractivity contribution is -0.121. The van der Waals surface area contributed by atoms with Crippen molar-refractivity contribution in [1.82, 2.24) is 5.43 Å². The first-order chi connectivity index (χ1) is 7.99. The lowest BCUT2D eigenvalue weighted by Crippen LogP contribution is -2.31. The number of carbonyl (C=O) groups is 1. The quantitative estimate of drug-likeness (QED) is 0.836. The number of phenolic OH excluding ortho intramolecular Hbond substituents is 1. The van der Waals surface area contributed by atoms with Crippen LogP contribution in [0.4, 0.5) is 0 Å². The third kappa shape index (κ3) is 2.45. The number of hydrogen-bond acceptors (Lipinski definition) is 3. The van der Waals surface area contributed by atoms with Crippen LogP contribution >= 0.6 is 27.5 Å². The standard InChI is InChI=1S/C11H10BrClN2O2/c1-5-2-9(16)14-15-10(5)6-3-7(12)11(17)8(13)4-6/h3-5,17H,2H2,1H3,(H,14,16). The van der Waals surface area contributed by atoms with E-state index < -0.39 is 0 Å². The third-order valence-corrected chi connectivity index (χ3v) is 3.46. The van der Waals surface area contributed by atoms with Crippen molar-refractivity contribution in [2.75, 3.05) is 0 Å². The second-order valence-corrected chi connectivity index (χ2v) is 5.19. The molecule has 0 saturated heterocycles. The van der Waals surface area contributed by atoms with Gasteiger partial charge < -0.3 is 5.11 Å². The van der Waals surface area contributed by atoms with E-state index in [4.69, 9.17) is 11.6 Å². The van der Waals surface area contributed by atoms with E-state index in [0.29, 0.717) is 10.9 Å². The van der Waals surface area contributed by atoms with Gasteiger partial charge in [0.25, 0.3) is 0 Å². The van der Waals surface area contributed by atoms with Crippen LogP contribution in [0.3, 0.4) is 0 Å². The van der Waals surface area contributed by atoms with Gasteiger partial charge in [0.1, 0.15) is 5.75 Å². The number of halogens is 2. The Labute approximate surface area is 112 Å². The first kappa shape index (κ1) is 12.4. The van der Waals surface area contributed by atoms with E-state index in [0.717, 1.165) is 11.3 Å². The van der Waals surface area contributed by atoms with E-state index in [9.17, 15) is 9.90 Å². The van der Waals surface area contributed by atoms with Gasteiger partial charge in [0, 0.05) is 17.9 Å². The van der Waals surface area contributed by atoms with Crippen LogP contribution in [0, 0.1) is 5.92 Å². The highest BCUT2D eigenvalue weighted by Gasteiger charge is 2.22. The summed E-state index contributed by atoms with van der Waals surface area (Å²) in [4.78, 5) is 11.1. The lowest BCUT2D eigenvalue weighted by Gasteiger charge is -2.19. The maximum absolute atomic E-state index is 11.1. The van der Waals surface area contributed by atoms with Crippen LogP contribution in [-0.4, -0.2) is 16.7 Å². The number of nitrogens with zero attached hydrogens (tertiary/aromatic N) is 1. The smallest absolute Gasteiger partial charge is 0.240 e.